The third-order valence-electron chi connectivity index (χ3n) is 5.66. The first kappa shape index (κ1) is 29.3. The van der Waals surface area contributed by atoms with E-state index in [2.05, 4.69) is 20.0 Å². The fourth-order valence-electron chi connectivity index (χ4n) is 3.79. The fourth-order valence-corrected chi connectivity index (χ4v) is 3.79. The molecule has 1 N–H and O–H groups in total. The number of aromatic nitrogens is 2. The molecule has 0 fully saturated rings. The van der Waals surface area contributed by atoms with Gasteiger partial charge in [-0.3, -0.25) is 14.8 Å². The Balaban J connectivity index is 1.73. The van der Waals surface area contributed by atoms with Crippen molar-refractivity contribution in [2.45, 2.75) is 24.6 Å². The van der Waals surface area contributed by atoms with Crippen LogP contribution in [0.5, 0.6) is 5.75 Å². The molecule has 0 aliphatic carbocycles. The lowest BCUT2D eigenvalue weighted by Gasteiger charge is -2.23. The molecule has 0 aliphatic rings. The van der Waals surface area contributed by atoms with Crippen molar-refractivity contribution in [2.75, 3.05) is 0 Å². The maximum Gasteiger partial charge on any atom is 0.491 e. The molecule has 4 aromatic rings. The molecule has 2 aromatic carbocycles. The summed E-state index contributed by atoms with van der Waals surface area (Å²) in [5.41, 5.74) is -3.52. The van der Waals surface area contributed by atoms with Crippen LogP contribution in [0.3, 0.4) is 0 Å². The molecule has 0 aliphatic heterocycles. The van der Waals surface area contributed by atoms with Crippen molar-refractivity contribution in [3.05, 3.63) is 101 Å². The molecule has 1 amide bonds. The molecule has 0 bridgehead atoms. The minimum atomic E-state index is -5.29. The first-order chi connectivity index (χ1) is 19.1. The average molecular weight is 587 g/mol. The number of pyridine rings is 2. The van der Waals surface area contributed by atoms with Crippen LogP contribution in [0.15, 0.2) is 73.1 Å². The number of nitrogens with zero attached hydrogens (tertiary/aromatic N) is 2. The fraction of sp³-hybridized carbons (Fsp3) is 0.154. The third-order valence-corrected chi connectivity index (χ3v) is 5.66. The molecular formula is C26H14F9N3O3. The Morgan fingerprint density at radius 2 is 1.46 bits per heavy atom. The number of benzene rings is 2. The van der Waals surface area contributed by atoms with Crippen molar-refractivity contribution in [1.82, 2.24) is 15.3 Å². The van der Waals surface area contributed by atoms with Gasteiger partial charge >= 0.3 is 24.5 Å². The second-order valence-corrected chi connectivity index (χ2v) is 8.39. The predicted octanol–water partition coefficient (Wildman–Crippen LogP) is 6.65. The second-order valence-electron chi connectivity index (χ2n) is 8.39. The summed E-state index contributed by atoms with van der Waals surface area (Å²) < 4.78 is 123. The van der Waals surface area contributed by atoms with Crippen LogP contribution in [0.25, 0.3) is 10.9 Å². The molecule has 41 heavy (non-hydrogen) atoms. The lowest BCUT2D eigenvalue weighted by molar-refractivity contribution is -0.189. The Hall–Kier alpha value is -4.69. The number of hydrogen-bond acceptors (Lipinski definition) is 5. The molecule has 4 rings (SSSR count). The molecule has 1 unspecified atom stereocenters. The molecular weight excluding hydrogens is 573 g/mol. The normalized spacial score (nSPS) is 13.1. The van der Waals surface area contributed by atoms with Gasteiger partial charge in [0.15, 0.2) is 0 Å². The summed E-state index contributed by atoms with van der Waals surface area (Å²) in [5.74, 6) is -4.03. The molecule has 0 saturated heterocycles. The summed E-state index contributed by atoms with van der Waals surface area (Å²) in [5, 5.41) is 2.23. The summed E-state index contributed by atoms with van der Waals surface area (Å²) >= 11 is 0. The van der Waals surface area contributed by atoms with E-state index in [1.807, 2.05) is 0 Å². The maximum atomic E-state index is 13.8. The van der Waals surface area contributed by atoms with Crippen molar-refractivity contribution >= 4 is 22.8 Å². The number of ether oxygens (including phenoxy) is 1. The van der Waals surface area contributed by atoms with Crippen LogP contribution >= 0.6 is 0 Å². The summed E-state index contributed by atoms with van der Waals surface area (Å²) in [6, 6.07) is 7.30. The summed E-state index contributed by atoms with van der Waals surface area (Å²) in [7, 11) is 0. The summed E-state index contributed by atoms with van der Waals surface area (Å²) in [4.78, 5) is 32.0. The van der Waals surface area contributed by atoms with E-state index in [4.69, 9.17) is 0 Å². The van der Waals surface area contributed by atoms with Crippen LogP contribution in [-0.4, -0.2) is 28.0 Å². The Bertz CT molecular complexity index is 1600. The Morgan fingerprint density at radius 3 is 2.07 bits per heavy atom. The van der Waals surface area contributed by atoms with E-state index < -0.39 is 59.0 Å². The van der Waals surface area contributed by atoms with Crippen LogP contribution in [0.1, 0.15) is 38.8 Å². The molecule has 0 radical (unpaired) electrons. The molecule has 2 aromatic heterocycles. The van der Waals surface area contributed by atoms with Crippen LogP contribution < -0.4 is 10.1 Å². The highest BCUT2D eigenvalue weighted by molar-refractivity contribution is 5.99. The number of halogens is 9. The van der Waals surface area contributed by atoms with Gasteiger partial charge in [-0.2, -0.15) is 39.5 Å². The number of esters is 1. The van der Waals surface area contributed by atoms with E-state index in [1.54, 1.807) is 0 Å². The van der Waals surface area contributed by atoms with Gasteiger partial charge in [-0.05, 0) is 54.1 Å². The number of fused-ring (bicyclic) bond motifs is 1. The van der Waals surface area contributed by atoms with E-state index in [0.717, 1.165) is 54.9 Å². The molecule has 0 spiro atoms. The number of alkyl halides is 9. The quantitative estimate of drug-likeness (QED) is 0.209. The first-order valence-electron chi connectivity index (χ1n) is 11.2. The van der Waals surface area contributed by atoms with Gasteiger partial charge in [0.25, 0.3) is 5.91 Å². The Labute approximate surface area is 223 Å². The van der Waals surface area contributed by atoms with Gasteiger partial charge in [0, 0.05) is 23.3 Å². The minimum Gasteiger partial charge on any atom is -0.419 e. The highest BCUT2D eigenvalue weighted by Gasteiger charge is 2.42. The van der Waals surface area contributed by atoms with E-state index in [0.29, 0.717) is 18.2 Å². The van der Waals surface area contributed by atoms with Crippen molar-refractivity contribution in [2.24, 2.45) is 0 Å². The van der Waals surface area contributed by atoms with E-state index in [1.165, 1.54) is 0 Å². The number of amides is 1. The van der Waals surface area contributed by atoms with Crippen LogP contribution in [-0.2, 0) is 17.1 Å². The van der Waals surface area contributed by atoms with Crippen molar-refractivity contribution in [3.8, 4) is 5.75 Å². The summed E-state index contributed by atoms with van der Waals surface area (Å²) in [6.45, 7) is 0. The maximum absolute atomic E-state index is 13.8. The van der Waals surface area contributed by atoms with Gasteiger partial charge in [0.2, 0.25) is 0 Å². The Morgan fingerprint density at radius 1 is 0.780 bits per heavy atom. The first-order valence-corrected chi connectivity index (χ1v) is 11.2. The van der Waals surface area contributed by atoms with Gasteiger partial charge in [0.05, 0.1) is 28.4 Å². The van der Waals surface area contributed by atoms with E-state index >= 15 is 0 Å². The van der Waals surface area contributed by atoms with Crippen molar-refractivity contribution in [1.29, 1.82) is 0 Å². The average Bonchev–Trinajstić information content (AvgIpc) is 2.90. The number of carbonyl (C=O) groups excluding carboxylic acids is 2. The van der Waals surface area contributed by atoms with E-state index in [-0.39, 0.29) is 22.0 Å². The zero-order valence-corrected chi connectivity index (χ0v) is 20.0. The minimum absolute atomic E-state index is 0.0926. The number of nitrogens with one attached hydrogen (secondary N) is 1. The lowest BCUT2D eigenvalue weighted by atomic mass is 9.97. The van der Waals surface area contributed by atoms with Crippen LogP contribution in [0.4, 0.5) is 39.5 Å². The smallest absolute Gasteiger partial charge is 0.419 e. The molecule has 0 saturated carbocycles. The topological polar surface area (TPSA) is 81.2 Å². The third kappa shape index (κ3) is 6.56. The molecule has 2 heterocycles. The second kappa shape index (κ2) is 10.7. The van der Waals surface area contributed by atoms with Crippen molar-refractivity contribution in [3.63, 3.8) is 0 Å². The zero-order valence-electron chi connectivity index (χ0n) is 20.0. The predicted molar refractivity (Wildman–Crippen MR) is 123 cm³/mol. The monoisotopic (exact) mass is 587 g/mol. The van der Waals surface area contributed by atoms with Gasteiger partial charge in [-0.25, -0.2) is 4.79 Å². The van der Waals surface area contributed by atoms with Gasteiger partial charge in [-0.1, -0.05) is 12.1 Å². The van der Waals surface area contributed by atoms with Crippen LogP contribution in [0, 0.1) is 0 Å². The zero-order chi connectivity index (χ0) is 30.2. The largest absolute Gasteiger partial charge is 0.491 e. The van der Waals surface area contributed by atoms with Crippen LogP contribution in [0.2, 0.25) is 0 Å². The number of hydrogen-bond donors (Lipinski definition) is 1. The lowest BCUT2D eigenvalue weighted by Crippen LogP contribution is -2.31. The number of carbonyl (C=O) groups is 2. The number of rotatable bonds is 5. The molecule has 1 atom stereocenters. The molecule has 6 nitrogen and oxygen atoms in total. The SMILES string of the molecule is O=C(NC(c1ccc(C(F)(F)F)cc1)c1ncccc1C(F)(F)F)c1ccc2c(OC(=O)C(F)(F)F)ccnc2c1. The Kier molecular flexibility index (Phi) is 7.65. The molecule has 15 heteroatoms. The highest BCUT2D eigenvalue weighted by Crippen LogP contribution is 2.37. The van der Waals surface area contributed by atoms with Gasteiger partial charge in [0.1, 0.15) is 5.75 Å². The van der Waals surface area contributed by atoms with Gasteiger partial charge < -0.3 is 10.1 Å². The highest BCUT2D eigenvalue weighted by atomic mass is 19.4. The van der Waals surface area contributed by atoms with E-state index in [9.17, 15) is 49.1 Å². The van der Waals surface area contributed by atoms with Crippen molar-refractivity contribution < 1.29 is 53.8 Å². The summed E-state index contributed by atoms with van der Waals surface area (Å²) in [6.07, 6.45) is -12.9. The standard InChI is InChI=1S/C26H14F9N3O3/c27-24(28,29)15-6-3-13(4-7-15)20(21-17(25(30,31)32)2-1-10-37-21)38-22(39)14-5-8-16-18(12-14)36-11-9-19(16)41-23(40)26(33,34)35/h1-12,20H,(H,38,39). The van der Waals surface area contributed by atoms with Gasteiger partial charge in [-0.15, -0.1) is 0 Å². The molecule has 214 valence electrons.